The van der Waals surface area contributed by atoms with E-state index < -0.39 is 24.1 Å². The van der Waals surface area contributed by atoms with Crippen LogP contribution in [0.1, 0.15) is 6.42 Å². The van der Waals surface area contributed by atoms with Crippen molar-refractivity contribution in [3.05, 3.63) is 0 Å². The quantitative estimate of drug-likeness (QED) is 0.460. The molecule has 2 rings (SSSR count). The van der Waals surface area contributed by atoms with E-state index in [0.717, 1.165) is 4.90 Å². The first-order valence-corrected chi connectivity index (χ1v) is 6.11. The average Bonchev–Trinajstić information content (AvgIpc) is 2.90. The second-order valence-electron chi connectivity index (χ2n) is 4.63. The molecule has 2 fully saturated rings. The summed E-state index contributed by atoms with van der Waals surface area (Å²) in [5, 5.41) is 12.0. The van der Waals surface area contributed by atoms with Crippen molar-refractivity contribution in [1.82, 2.24) is 15.1 Å². The number of aliphatic hydroxyl groups is 1. The van der Waals surface area contributed by atoms with Crippen LogP contribution < -0.4 is 5.32 Å². The van der Waals surface area contributed by atoms with Crippen molar-refractivity contribution in [2.75, 3.05) is 33.3 Å². The van der Waals surface area contributed by atoms with Crippen LogP contribution in [0.4, 0.5) is 4.79 Å². The number of hydrogen-bond donors (Lipinski definition) is 2. The van der Waals surface area contributed by atoms with Gasteiger partial charge in [0.05, 0.1) is 19.8 Å². The van der Waals surface area contributed by atoms with Gasteiger partial charge in [-0.1, -0.05) is 0 Å². The lowest BCUT2D eigenvalue weighted by molar-refractivity contribution is -0.145. The van der Waals surface area contributed by atoms with Crippen LogP contribution in [0.25, 0.3) is 0 Å². The number of ether oxygens (including phenoxy) is 1. The van der Waals surface area contributed by atoms with Gasteiger partial charge < -0.3 is 15.2 Å². The standard InChI is InChI=1S/C11H17N3O5/c1-19-10(17)8-4-7(15)6-13(8)2-3-14-9(16)5-12-11(14)18/h7-8,15H,2-6H2,1H3,(H,12,18). The zero-order chi connectivity index (χ0) is 14.0. The highest BCUT2D eigenvalue weighted by molar-refractivity contribution is 6.01. The molecule has 0 spiro atoms. The van der Waals surface area contributed by atoms with E-state index in [9.17, 15) is 19.5 Å². The molecule has 2 heterocycles. The Morgan fingerprint density at radius 1 is 1.47 bits per heavy atom. The van der Waals surface area contributed by atoms with Gasteiger partial charge in [0.1, 0.15) is 6.04 Å². The first kappa shape index (κ1) is 13.8. The molecule has 8 heteroatoms. The number of esters is 1. The molecule has 2 saturated heterocycles. The van der Waals surface area contributed by atoms with Crippen LogP contribution in [0.2, 0.25) is 0 Å². The van der Waals surface area contributed by atoms with E-state index in [4.69, 9.17) is 0 Å². The minimum atomic E-state index is -0.591. The lowest BCUT2D eigenvalue weighted by Crippen LogP contribution is -2.43. The van der Waals surface area contributed by atoms with Crippen molar-refractivity contribution in [2.24, 2.45) is 0 Å². The second-order valence-corrected chi connectivity index (χ2v) is 4.63. The van der Waals surface area contributed by atoms with E-state index in [1.54, 1.807) is 4.90 Å². The average molecular weight is 271 g/mol. The molecule has 2 unspecified atom stereocenters. The molecule has 0 aliphatic carbocycles. The molecule has 0 radical (unpaired) electrons. The predicted octanol–water partition coefficient (Wildman–Crippen LogP) is -1.85. The third kappa shape index (κ3) is 2.85. The van der Waals surface area contributed by atoms with E-state index in [2.05, 4.69) is 10.1 Å². The molecule has 0 aromatic carbocycles. The molecule has 2 atom stereocenters. The zero-order valence-electron chi connectivity index (χ0n) is 10.7. The van der Waals surface area contributed by atoms with Gasteiger partial charge in [0.2, 0.25) is 5.91 Å². The van der Waals surface area contributed by atoms with Gasteiger partial charge in [0.15, 0.2) is 0 Å². The number of nitrogens with one attached hydrogen (secondary N) is 1. The van der Waals surface area contributed by atoms with Crippen molar-refractivity contribution >= 4 is 17.9 Å². The number of hydrogen-bond acceptors (Lipinski definition) is 6. The Morgan fingerprint density at radius 3 is 2.79 bits per heavy atom. The number of urea groups is 1. The van der Waals surface area contributed by atoms with Gasteiger partial charge in [-0.2, -0.15) is 0 Å². The third-order valence-corrected chi connectivity index (χ3v) is 3.40. The van der Waals surface area contributed by atoms with E-state index in [1.807, 2.05) is 0 Å². The van der Waals surface area contributed by atoms with Crippen molar-refractivity contribution in [3.8, 4) is 0 Å². The Balaban J connectivity index is 1.92. The first-order valence-electron chi connectivity index (χ1n) is 6.11. The van der Waals surface area contributed by atoms with Gasteiger partial charge in [0, 0.05) is 26.1 Å². The number of nitrogens with zero attached hydrogens (tertiary/aromatic N) is 2. The Hall–Kier alpha value is -1.67. The summed E-state index contributed by atoms with van der Waals surface area (Å²) in [6.45, 7) is 0.895. The Morgan fingerprint density at radius 2 is 2.21 bits per heavy atom. The number of likely N-dealkylation sites (tertiary alicyclic amines) is 1. The largest absolute Gasteiger partial charge is 0.468 e. The fraction of sp³-hybridized carbons (Fsp3) is 0.727. The number of amides is 3. The van der Waals surface area contributed by atoms with Gasteiger partial charge in [0.25, 0.3) is 0 Å². The van der Waals surface area contributed by atoms with Gasteiger partial charge >= 0.3 is 12.0 Å². The fourth-order valence-corrected chi connectivity index (χ4v) is 2.42. The molecular weight excluding hydrogens is 254 g/mol. The Kier molecular flexibility index (Phi) is 4.01. The summed E-state index contributed by atoms with van der Waals surface area (Å²) < 4.78 is 4.68. The highest BCUT2D eigenvalue weighted by Gasteiger charge is 2.37. The summed E-state index contributed by atoms with van der Waals surface area (Å²) in [5.41, 5.74) is 0. The highest BCUT2D eigenvalue weighted by Crippen LogP contribution is 2.18. The third-order valence-electron chi connectivity index (χ3n) is 3.40. The van der Waals surface area contributed by atoms with Gasteiger partial charge in [-0.25, -0.2) is 4.79 Å². The lowest BCUT2D eigenvalue weighted by atomic mass is 10.2. The van der Waals surface area contributed by atoms with Gasteiger partial charge in [-0.05, 0) is 0 Å². The summed E-state index contributed by atoms with van der Waals surface area (Å²) in [4.78, 5) is 37.2. The number of aliphatic hydroxyl groups excluding tert-OH is 1. The molecule has 19 heavy (non-hydrogen) atoms. The normalized spacial score (nSPS) is 27.8. The second kappa shape index (κ2) is 5.54. The van der Waals surface area contributed by atoms with Gasteiger partial charge in [-0.15, -0.1) is 0 Å². The van der Waals surface area contributed by atoms with Crippen molar-refractivity contribution in [3.63, 3.8) is 0 Å². The maximum Gasteiger partial charge on any atom is 0.324 e. The van der Waals surface area contributed by atoms with Crippen LogP contribution >= 0.6 is 0 Å². The maximum absolute atomic E-state index is 11.6. The highest BCUT2D eigenvalue weighted by atomic mass is 16.5. The predicted molar refractivity (Wildman–Crippen MR) is 63.1 cm³/mol. The van der Waals surface area contributed by atoms with Crippen LogP contribution in [0.3, 0.4) is 0 Å². The number of carbonyl (C=O) groups is 3. The SMILES string of the molecule is COC(=O)C1CC(O)CN1CCN1C(=O)CNC1=O. The number of imide groups is 1. The molecule has 0 aromatic heterocycles. The Bertz CT molecular complexity index is 384. The van der Waals surface area contributed by atoms with E-state index in [-0.39, 0.29) is 19.0 Å². The fourth-order valence-electron chi connectivity index (χ4n) is 2.42. The van der Waals surface area contributed by atoms with Crippen LogP contribution in [0, 0.1) is 0 Å². The smallest absolute Gasteiger partial charge is 0.324 e. The Labute approximate surface area is 110 Å². The minimum absolute atomic E-state index is 0.0158. The monoisotopic (exact) mass is 271 g/mol. The molecule has 0 saturated carbocycles. The van der Waals surface area contributed by atoms with Gasteiger partial charge in [-0.3, -0.25) is 19.4 Å². The maximum atomic E-state index is 11.6. The molecule has 2 aliphatic heterocycles. The molecule has 3 amide bonds. The molecule has 0 aromatic rings. The molecule has 2 aliphatic rings. The summed E-state index contributed by atoms with van der Waals surface area (Å²) in [5.74, 6) is -0.687. The summed E-state index contributed by atoms with van der Waals surface area (Å²) in [6.07, 6.45) is -0.278. The summed E-state index contributed by atoms with van der Waals surface area (Å²) in [6, 6.07) is -0.930. The summed E-state index contributed by atoms with van der Waals surface area (Å²) in [7, 11) is 1.29. The topological polar surface area (TPSA) is 99.2 Å². The first-order chi connectivity index (χ1) is 9.02. The van der Waals surface area contributed by atoms with Crippen LogP contribution in [-0.2, 0) is 14.3 Å². The van der Waals surface area contributed by atoms with Crippen molar-refractivity contribution in [1.29, 1.82) is 0 Å². The van der Waals surface area contributed by atoms with E-state index >= 15 is 0 Å². The molecule has 2 N–H and O–H groups in total. The van der Waals surface area contributed by atoms with Crippen LogP contribution in [0.5, 0.6) is 0 Å². The van der Waals surface area contributed by atoms with E-state index in [0.29, 0.717) is 19.5 Å². The van der Waals surface area contributed by atoms with Crippen molar-refractivity contribution < 1.29 is 24.2 Å². The lowest BCUT2D eigenvalue weighted by Gasteiger charge is -2.23. The number of carbonyl (C=O) groups excluding carboxylic acids is 3. The summed E-state index contributed by atoms with van der Waals surface area (Å²) >= 11 is 0. The van der Waals surface area contributed by atoms with Crippen LogP contribution in [0.15, 0.2) is 0 Å². The van der Waals surface area contributed by atoms with Crippen LogP contribution in [-0.4, -0.2) is 78.2 Å². The molecule has 0 bridgehead atoms. The number of rotatable bonds is 4. The zero-order valence-corrected chi connectivity index (χ0v) is 10.7. The molecular formula is C11H17N3O5. The molecule has 106 valence electrons. The number of β-amino-alcohol motifs (C(OH)–C–C–N with tert-alkyl or cyclic N) is 1. The minimum Gasteiger partial charge on any atom is -0.468 e. The molecule has 8 nitrogen and oxygen atoms in total. The van der Waals surface area contributed by atoms with E-state index in [1.165, 1.54) is 7.11 Å². The number of methoxy groups -OCH3 is 1. The van der Waals surface area contributed by atoms with Crippen molar-refractivity contribution in [2.45, 2.75) is 18.6 Å².